The van der Waals surface area contributed by atoms with Gasteiger partial charge in [0.2, 0.25) is 5.91 Å². The van der Waals surface area contributed by atoms with E-state index in [2.05, 4.69) is 5.32 Å². The molecule has 2 aliphatic heterocycles. The van der Waals surface area contributed by atoms with Gasteiger partial charge in [-0.15, -0.1) is 0 Å². The molecule has 0 aliphatic carbocycles. The van der Waals surface area contributed by atoms with Gasteiger partial charge in [-0.2, -0.15) is 13.2 Å². The van der Waals surface area contributed by atoms with E-state index in [1.807, 2.05) is 13.8 Å². The van der Waals surface area contributed by atoms with E-state index in [-0.39, 0.29) is 24.9 Å². The number of halogens is 3. The third-order valence-corrected chi connectivity index (χ3v) is 4.30. The smallest absolute Gasteiger partial charge is 0.341 e. The summed E-state index contributed by atoms with van der Waals surface area (Å²) >= 11 is 0. The zero-order chi connectivity index (χ0) is 14.3. The molecule has 0 aromatic carbocycles. The van der Waals surface area contributed by atoms with Crippen LogP contribution in [-0.4, -0.2) is 43.2 Å². The maximum Gasteiger partial charge on any atom is 0.404 e. The SMILES string of the molecule is CC1(C)CCCN(C(=O)C2(C(F)(F)F)CCNC2)C1. The molecule has 0 bridgehead atoms. The molecule has 2 fully saturated rings. The highest BCUT2D eigenvalue weighted by atomic mass is 19.4. The first kappa shape index (κ1) is 14.6. The molecule has 2 rings (SSSR count). The van der Waals surface area contributed by atoms with Crippen LogP contribution in [0.2, 0.25) is 0 Å². The molecule has 0 aromatic rings. The van der Waals surface area contributed by atoms with Crippen molar-refractivity contribution in [1.82, 2.24) is 10.2 Å². The first-order chi connectivity index (χ1) is 8.68. The zero-order valence-electron chi connectivity index (χ0n) is 11.4. The van der Waals surface area contributed by atoms with E-state index >= 15 is 0 Å². The Morgan fingerprint density at radius 1 is 1.26 bits per heavy atom. The van der Waals surface area contributed by atoms with Crippen molar-refractivity contribution in [1.29, 1.82) is 0 Å². The number of amides is 1. The van der Waals surface area contributed by atoms with Gasteiger partial charge in [-0.1, -0.05) is 13.8 Å². The van der Waals surface area contributed by atoms with Gasteiger partial charge in [-0.25, -0.2) is 0 Å². The van der Waals surface area contributed by atoms with E-state index in [1.54, 1.807) is 0 Å². The predicted octanol–water partition coefficient (Wildman–Crippen LogP) is 2.18. The number of likely N-dealkylation sites (tertiary alicyclic amines) is 1. The Labute approximate surface area is 111 Å². The highest BCUT2D eigenvalue weighted by molar-refractivity contribution is 5.84. The topological polar surface area (TPSA) is 32.3 Å². The standard InChI is InChI=1S/C13H21F3N2O/c1-11(2)4-3-7-18(9-11)10(19)12(13(14,15)16)5-6-17-8-12/h17H,3-9H2,1-2H3. The third kappa shape index (κ3) is 2.59. The van der Waals surface area contributed by atoms with Crippen LogP contribution in [0.25, 0.3) is 0 Å². The summed E-state index contributed by atoms with van der Waals surface area (Å²) in [6.45, 7) is 4.83. The van der Waals surface area contributed by atoms with Gasteiger partial charge in [-0.05, 0) is 31.2 Å². The van der Waals surface area contributed by atoms with E-state index in [0.717, 1.165) is 12.8 Å². The van der Waals surface area contributed by atoms with Gasteiger partial charge in [0.05, 0.1) is 0 Å². The average Bonchev–Trinajstić information content (AvgIpc) is 2.76. The molecule has 110 valence electrons. The van der Waals surface area contributed by atoms with Gasteiger partial charge in [0.15, 0.2) is 5.41 Å². The molecule has 0 radical (unpaired) electrons. The van der Waals surface area contributed by atoms with Gasteiger partial charge in [0, 0.05) is 19.6 Å². The van der Waals surface area contributed by atoms with Crippen LogP contribution in [0.4, 0.5) is 13.2 Å². The second-order valence-electron chi connectivity index (χ2n) is 6.50. The molecular formula is C13H21F3N2O. The fraction of sp³-hybridized carbons (Fsp3) is 0.923. The maximum atomic E-state index is 13.3. The zero-order valence-corrected chi connectivity index (χ0v) is 11.4. The van der Waals surface area contributed by atoms with Crippen LogP contribution in [-0.2, 0) is 4.79 Å². The molecule has 0 spiro atoms. The maximum absolute atomic E-state index is 13.3. The Hall–Kier alpha value is -0.780. The number of rotatable bonds is 1. The Bertz CT molecular complexity index is 359. The summed E-state index contributed by atoms with van der Waals surface area (Å²) in [6.07, 6.45) is -2.89. The van der Waals surface area contributed by atoms with Crippen molar-refractivity contribution in [2.24, 2.45) is 10.8 Å². The Balaban J connectivity index is 2.21. The molecule has 1 N–H and O–H groups in total. The number of piperidine rings is 1. The van der Waals surface area contributed by atoms with Crippen LogP contribution in [0.5, 0.6) is 0 Å². The van der Waals surface area contributed by atoms with Crippen LogP contribution >= 0.6 is 0 Å². The van der Waals surface area contributed by atoms with E-state index < -0.39 is 17.5 Å². The van der Waals surface area contributed by atoms with Gasteiger partial charge in [0.25, 0.3) is 0 Å². The van der Waals surface area contributed by atoms with E-state index in [1.165, 1.54) is 4.90 Å². The highest BCUT2D eigenvalue weighted by Gasteiger charge is 2.62. The number of nitrogens with zero attached hydrogens (tertiary/aromatic N) is 1. The largest absolute Gasteiger partial charge is 0.404 e. The molecule has 1 unspecified atom stereocenters. The van der Waals surface area contributed by atoms with Crippen molar-refractivity contribution in [3.05, 3.63) is 0 Å². The monoisotopic (exact) mass is 278 g/mol. The minimum absolute atomic E-state index is 0.0905. The van der Waals surface area contributed by atoms with Crippen molar-refractivity contribution in [3.8, 4) is 0 Å². The van der Waals surface area contributed by atoms with Gasteiger partial charge in [-0.3, -0.25) is 4.79 Å². The predicted molar refractivity (Wildman–Crippen MR) is 65.6 cm³/mol. The molecule has 2 heterocycles. The van der Waals surface area contributed by atoms with Gasteiger partial charge < -0.3 is 10.2 Å². The lowest BCUT2D eigenvalue weighted by atomic mass is 9.80. The summed E-state index contributed by atoms with van der Waals surface area (Å²) in [6, 6.07) is 0. The summed E-state index contributed by atoms with van der Waals surface area (Å²) < 4.78 is 40.0. The summed E-state index contributed by atoms with van der Waals surface area (Å²) in [5.41, 5.74) is -2.30. The van der Waals surface area contributed by atoms with Gasteiger partial charge in [0.1, 0.15) is 0 Å². The minimum atomic E-state index is -4.48. The fourth-order valence-electron chi connectivity index (χ4n) is 3.14. The molecule has 2 saturated heterocycles. The van der Waals surface area contributed by atoms with Crippen LogP contribution in [0.3, 0.4) is 0 Å². The van der Waals surface area contributed by atoms with Crippen LogP contribution in [0.1, 0.15) is 33.1 Å². The summed E-state index contributed by atoms with van der Waals surface area (Å²) in [5, 5.41) is 2.69. The summed E-state index contributed by atoms with van der Waals surface area (Å²) in [4.78, 5) is 13.8. The van der Waals surface area contributed by atoms with Crippen molar-refractivity contribution < 1.29 is 18.0 Å². The molecule has 0 saturated carbocycles. The lowest BCUT2D eigenvalue weighted by Crippen LogP contribution is -2.56. The van der Waals surface area contributed by atoms with Gasteiger partial charge >= 0.3 is 6.18 Å². The summed E-state index contributed by atoms with van der Waals surface area (Å²) in [7, 11) is 0. The first-order valence-electron chi connectivity index (χ1n) is 6.75. The molecule has 6 heteroatoms. The molecule has 1 amide bonds. The minimum Gasteiger partial charge on any atom is -0.341 e. The quantitative estimate of drug-likeness (QED) is 0.797. The van der Waals surface area contributed by atoms with E-state index in [4.69, 9.17) is 0 Å². The number of alkyl halides is 3. The van der Waals surface area contributed by atoms with Crippen molar-refractivity contribution in [2.75, 3.05) is 26.2 Å². The molecule has 19 heavy (non-hydrogen) atoms. The molecule has 3 nitrogen and oxygen atoms in total. The fourth-order valence-corrected chi connectivity index (χ4v) is 3.14. The number of hydrogen-bond acceptors (Lipinski definition) is 2. The molecule has 1 atom stereocenters. The third-order valence-electron chi connectivity index (χ3n) is 4.30. The van der Waals surface area contributed by atoms with Crippen LogP contribution in [0.15, 0.2) is 0 Å². The average molecular weight is 278 g/mol. The molecule has 2 aliphatic rings. The molecular weight excluding hydrogens is 257 g/mol. The second-order valence-corrected chi connectivity index (χ2v) is 6.50. The lowest BCUT2D eigenvalue weighted by molar-refractivity contribution is -0.223. The molecule has 0 aromatic heterocycles. The number of nitrogens with one attached hydrogen (secondary N) is 1. The number of hydrogen-bond donors (Lipinski definition) is 1. The Morgan fingerprint density at radius 3 is 2.42 bits per heavy atom. The van der Waals surface area contributed by atoms with Crippen molar-refractivity contribution in [3.63, 3.8) is 0 Å². The van der Waals surface area contributed by atoms with Crippen molar-refractivity contribution in [2.45, 2.75) is 39.3 Å². The van der Waals surface area contributed by atoms with Crippen molar-refractivity contribution >= 4 is 5.91 Å². The Kier molecular flexibility index (Phi) is 3.58. The normalized spacial score (nSPS) is 31.5. The Morgan fingerprint density at radius 2 is 1.95 bits per heavy atom. The number of carbonyl (C=O) groups is 1. The van der Waals surface area contributed by atoms with E-state index in [9.17, 15) is 18.0 Å². The van der Waals surface area contributed by atoms with E-state index in [0.29, 0.717) is 13.1 Å². The highest BCUT2D eigenvalue weighted by Crippen LogP contribution is 2.45. The summed E-state index contributed by atoms with van der Waals surface area (Å²) in [5.74, 6) is -0.738. The number of carbonyl (C=O) groups excluding carboxylic acids is 1. The second kappa shape index (κ2) is 4.65. The lowest BCUT2D eigenvalue weighted by Gasteiger charge is -2.42. The first-order valence-corrected chi connectivity index (χ1v) is 6.75. The van der Waals surface area contributed by atoms with Crippen LogP contribution < -0.4 is 5.32 Å². The van der Waals surface area contributed by atoms with Crippen LogP contribution in [0, 0.1) is 10.8 Å².